The van der Waals surface area contributed by atoms with Gasteiger partial charge in [-0.15, -0.1) is 0 Å². The van der Waals surface area contributed by atoms with E-state index >= 15 is 0 Å². The topological polar surface area (TPSA) is 71.5 Å². The number of ether oxygens (including phenoxy) is 3. The molecular weight excluding hydrogens is 234 g/mol. The first kappa shape index (κ1) is 14.8. The van der Waals surface area contributed by atoms with Gasteiger partial charge in [0.25, 0.3) is 0 Å². The highest BCUT2D eigenvalue weighted by Crippen LogP contribution is 2.24. The quantitative estimate of drug-likeness (QED) is 0.674. The summed E-state index contributed by atoms with van der Waals surface area (Å²) in [5.74, 6) is 0.643. The summed E-state index contributed by atoms with van der Waals surface area (Å²) in [6, 6.07) is 0. The maximum atomic E-state index is 5.93. The van der Waals surface area contributed by atoms with Crippen LogP contribution < -0.4 is 10.5 Å². The van der Waals surface area contributed by atoms with Crippen molar-refractivity contribution < 1.29 is 14.2 Å². The van der Waals surface area contributed by atoms with Crippen LogP contribution in [0.15, 0.2) is 0 Å². The molecule has 0 amide bonds. The predicted octanol–water partition coefficient (Wildman–Crippen LogP) is 1.23. The molecule has 6 heteroatoms. The largest absolute Gasteiger partial charge is 0.474 e. The third-order valence-corrected chi connectivity index (χ3v) is 2.46. The van der Waals surface area contributed by atoms with E-state index in [1.54, 1.807) is 11.8 Å². The lowest BCUT2D eigenvalue weighted by Crippen LogP contribution is -2.13. The lowest BCUT2D eigenvalue weighted by molar-refractivity contribution is 0.0529. The zero-order chi connectivity index (χ0) is 13.4. The van der Waals surface area contributed by atoms with Crippen LogP contribution in [-0.2, 0) is 16.0 Å². The first-order valence-corrected chi connectivity index (χ1v) is 6.23. The van der Waals surface area contributed by atoms with Gasteiger partial charge in [-0.1, -0.05) is 6.92 Å². The molecule has 104 valence electrons. The Balaban J connectivity index is 2.40. The summed E-state index contributed by atoms with van der Waals surface area (Å²) >= 11 is 0. The molecule has 0 bridgehead atoms. The Kier molecular flexibility index (Phi) is 6.53. The summed E-state index contributed by atoms with van der Waals surface area (Å²) < 4.78 is 17.6. The Morgan fingerprint density at radius 2 is 1.94 bits per heavy atom. The molecule has 0 aliphatic heterocycles. The van der Waals surface area contributed by atoms with Gasteiger partial charge in [0.1, 0.15) is 12.3 Å². The van der Waals surface area contributed by atoms with Crippen LogP contribution in [0.1, 0.15) is 19.0 Å². The minimum absolute atomic E-state index is 0.461. The molecule has 1 heterocycles. The standard InChI is InChI=1S/C12H23N3O3/c1-4-5-15-12(11(13)10(2)14-15)18-9-8-17-7-6-16-3/h4-9,13H2,1-3H3. The summed E-state index contributed by atoms with van der Waals surface area (Å²) in [4.78, 5) is 0. The van der Waals surface area contributed by atoms with Gasteiger partial charge in [-0.2, -0.15) is 5.10 Å². The molecular formula is C12H23N3O3. The predicted molar refractivity (Wildman–Crippen MR) is 69.9 cm³/mol. The molecule has 18 heavy (non-hydrogen) atoms. The molecule has 0 fully saturated rings. The van der Waals surface area contributed by atoms with E-state index in [1.165, 1.54) is 0 Å². The van der Waals surface area contributed by atoms with Crippen molar-refractivity contribution in [3.63, 3.8) is 0 Å². The average Bonchev–Trinajstić information content (AvgIpc) is 2.61. The SMILES string of the molecule is CCCn1nc(C)c(N)c1OCCOCCOC. The van der Waals surface area contributed by atoms with E-state index in [9.17, 15) is 0 Å². The Bertz CT molecular complexity index is 353. The van der Waals surface area contributed by atoms with Gasteiger partial charge in [0.15, 0.2) is 0 Å². The lowest BCUT2D eigenvalue weighted by Gasteiger charge is -2.09. The van der Waals surface area contributed by atoms with Gasteiger partial charge in [-0.25, -0.2) is 4.68 Å². The van der Waals surface area contributed by atoms with Crippen LogP contribution in [0.2, 0.25) is 0 Å². The first-order chi connectivity index (χ1) is 8.70. The van der Waals surface area contributed by atoms with Crippen molar-refractivity contribution in [1.29, 1.82) is 0 Å². The van der Waals surface area contributed by atoms with Gasteiger partial charge in [-0.05, 0) is 13.3 Å². The molecule has 1 rings (SSSR count). The van der Waals surface area contributed by atoms with Gasteiger partial charge >= 0.3 is 0 Å². The van der Waals surface area contributed by atoms with Crippen LogP contribution in [0.25, 0.3) is 0 Å². The van der Waals surface area contributed by atoms with E-state index in [4.69, 9.17) is 19.9 Å². The normalized spacial score (nSPS) is 10.8. The number of rotatable bonds is 9. The first-order valence-electron chi connectivity index (χ1n) is 6.23. The van der Waals surface area contributed by atoms with E-state index in [1.807, 2.05) is 6.92 Å². The van der Waals surface area contributed by atoms with E-state index in [2.05, 4.69) is 12.0 Å². The zero-order valence-corrected chi connectivity index (χ0v) is 11.4. The second-order valence-electron chi connectivity index (χ2n) is 3.98. The average molecular weight is 257 g/mol. The number of hydrogen-bond donors (Lipinski definition) is 1. The summed E-state index contributed by atoms with van der Waals surface area (Å²) in [7, 11) is 1.65. The summed E-state index contributed by atoms with van der Waals surface area (Å²) in [6.07, 6.45) is 0.987. The number of nitrogens with two attached hydrogens (primary N) is 1. The second kappa shape index (κ2) is 7.94. The smallest absolute Gasteiger partial charge is 0.236 e. The van der Waals surface area contributed by atoms with E-state index in [0.717, 1.165) is 18.7 Å². The fraction of sp³-hybridized carbons (Fsp3) is 0.750. The molecule has 0 radical (unpaired) electrons. The van der Waals surface area contributed by atoms with Crippen molar-refractivity contribution in [1.82, 2.24) is 9.78 Å². The molecule has 0 saturated carbocycles. The number of methoxy groups -OCH3 is 1. The van der Waals surface area contributed by atoms with Crippen LogP contribution >= 0.6 is 0 Å². The highest BCUT2D eigenvalue weighted by atomic mass is 16.5. The number of aryl methyl sites for hydroxylation is 2. The van der Waals surface area contributed by atoms with Crippen molar-refractivity contribution in [3.8, 4) is 5.88 Å². The number of nitrogens with zero attached hydrogens (tertiary/aromatic N) is 2. The molecule has 1 aromatic rings. The Hall–Kier alpha value is -1.27. The van der Waals surface area contributed by atoms with Crippen LogP contribution in [0.5, 0.6) is 5.88 Å². The number of nitrogen functional groups attached to an aromatic ring is 1. The van der Waals surface area contributed by atoms with Gasteiger partial charge in [0.2, 0.25) is 5.88 Å². The number of anilines is 1. The Morgan fingerprint density at radius 3 is 2.61 bits per heavy atom. The van der Waals surface area contributed by atoms with Crippen LogP contribution in [0, 0.1) is 6.92 Å². The van der Waals surface area contributed by atoms with Crippen molar-refractivity contribution in [2.45, 2.75) is 26.8 Å². The maximum Gasteiger partial charge on any atom is 0.236 e. The van der Waals surface area contributed by atoms with Gasteiger partial charge in [0, 0.05) is 13.7 Å². The van der Waals surface area contributed by atoms with Crippen molar-refractivity contribution in [2.75, 3.05) is 39.3 Å². The minimum atomic E-state index is 0.461. The van der Waals surface area contributed by atoms with Crippen molar-refractivity contribution in [2.24, 2.45) is 0 Å². The molecule has 0 unspecified atom stereocenters. The minimum Gasteiger partial charge on any atom is -0.474 e. The molecule has 0 aliphatic carbocycles. The second-order valence-corrected chi connectivity index (χ2v) is 3.98. The highest BCUT2D eigenvalue weighted by Gasteiger charge is 2.13. The monoisotopic (exact) mass is 257 g/mol. The molecule has 0 aliphatic rings. The zero-order valence-electron chi connectivity index (χ0n) is 11.4. The van der Waals surface area contributed by atoms with Gasteiger partial charge in [-0.3, -0.25) is 0 Å². The molecule has 0 atom stereocenters. The molecule has 0 spiro atoms. The van der Waals surface area contributed by atoms with Gasteiger partial charge < -0.3 is 19.9 Å². The van der Waals surface area contributed by atoms with Crippen LogP contribution in [-0.4, -0.2) is 43.3 Å². The van der Waals surface area contributed by atoms with Crippen LogP contribution in [0.4, 0.5) is 5.69 Å². The summed E-state index contributed by atoms with van der Waals surface area (Å²) in [6.45, 7) is 6.91. The van der Waals surface area contributed by atoms with E-state index in [-0.39, 0.29) is 0 Å². The highest BCUT2D eigenvalue weighted by molar-refractivity contribution is 5.52. The van der Waals surface area contributed by atoms with Gasteiger partial charge in [0.05, 0.1) is 25.5 Å². The Morgan fingerprint density at radius 1 is 1.22 bits per heavy atom. The molecule has 6 nitrogen and oxygen atoms in total. The molecule has 0 aromatic carbocycles. The third kappa shape index (κ3) is 4.19. The van der Waals surface area contributed by atoms with Crippen LogP contribution in [0.3, 0.4) is 0 Å². The number of hydrogen-bond acceptors (Lipinski definition) is 5. The number of aromatic nitrogens is 2. The molecule has 0 saturated heterocycles. The maximum absolute atomic E-state index is 5.93. The fourth-order valence-corrected chi connectivity index (χ4v) is 1.53. The van der Waals surface area contributed by atoms with Crippen molar-refractivity contribution in [3.05, 3.63) is 5.69 Å². The van der Waals surface area contributed by atoms with E-state index in [0.29, 0.717) is 38.0 Å². The lowest BCUT2D eigenvalue weighted by atomic mass is 10.4. The third-order valence-electron chi connectivity index (χ3n) is 2.46. The summed E-state index contributed by atoms with van der Waals surface area (Å²) in [5, 5.41) is 4.33. The van der Waals surface area contributed by atoms with Crippen molar-refractivity contribution >= 4 is 5.69 Å². The molecule has 2 N–H and O–H groups in total. The fourth-order valence-electron chi connectivity index (χ4n) is 1.53. The Labute approximate surface area is 108 Å². The van der Waals surface area contributed by atoms with E-state index < -0.39 is 0 Å². The molecule has 1 aromatic heterocycles. The summed E-state index contributed by atoms with van der Waals surface area (Å²) in [5.41, 5.74) is 7.34.